The maximum Gasteiger partial charge on any atom is 0.319 e. The van der Waals surface area contributed by atoms with Crippen molar-refractivity contribution < 1.29 is 9.53 Å². The summed E-state index contributed by atoms with van der Waals surface area (Å²) >= 11 is 7.63. The largest absolute Gasteiger partial charge is 0.465 e. The van der Waals surface area contributed by atoms with E-state index < -0.39 is 0 Å². The highest BCUT2D eigenvalue weighted by Crippen LogP contribution is 2.30. The number of hydrogen-bond donors (Lipinski definition) is 0. The fourth-order valence-corrected chi connectivity index (χ4v) is 4.35. The molecule has 3 aromatic rings. The summed E-state index contributed by atoms with van der Waals surface area (Å²) in [5.41, 5.74) is 2.00. The Kier molecular flexibility index (Phi) is 7.72. The zero-order valence-electron chi connectivity index (χ0n) is 16.5. The quantitative estimate of drug-likeness (QED) is 0.339. The Morgan fingerprint density at radius 2 is 1.93 bits per heavy atom. The molecule has 3 rings (SSSR count). The van der Waals surface area contributed by atoms with Crippen molar-refractivity contribution in [3.8, 4) is 5.69 Å². The van der Waals surface area contributed by atoms with Gasteiger partial charge in [0.15, 0.2) is 5.16 Å². The Hall–Kier alpha value is -2.31. The van der Waals surface area contributed by atoms with E-state index in [1.807, 2.05) is 54.0 Å². The molecule has 2 aromatic carbocycles. The minimum atomic E-state index is -0.327. The van der Waals surface area contributed by atoms with E-state index in [9.17, 15) is 4.79 Å². The monoisotopic (exact) mass is 429 g/mol. The number of carbonyl (C=O) groups excluding carboxylic acids is 1. The van der Waals surface area contributed by atoms with Gasteiger partial charge in [0.05, 0.1) is 12.3 Å². The van der Waals surface area contributed by atoms with E-state index in [1.54, 1.807) is 0 Å². The Balaban J connectivity index is 1.99. The topological polar surface area (TPSA) is 57.0 Å². The molecular weight excluding hydrogens is 406 g/mol. The molecule has 0 saturated carbocycles. The van der Waals surface area contributed by atoms with Crippen LogP contribution in [0.4, 0.5) is 0 Å². The predicted molar refractivity (Wildman–Crippen MR) is 117 cm³/mol. The lowest BCUT2D eigenvalue weighted by molar-refractivity contribution is -0.142. The summed E-state index contributed by atoms with van der Waals surface area (Å²) in [6, 6.07) is 17.7. The molecule has 0 radical (unpaired) electrons. The average molecular weight is 430 g/mol. The zero-order valence-corrected chi connectivity index (χ0v) is 18.1. The van der Waals surface area contributed by atoms with Crippen LogP contribution in [-0.4, -0.2) is 32.6 Å². The summed E-state index contributed by atoms with van der Waals surface area (Å²) in [7, 11) is 0. The van der Waals surface area contributed by atoms with E-state index in [-0.39, 0.29) is 11.2 Å². The van der Waals surface area contributed by atoms with Gasteiger partial charge < -0.3 is 4.74 Å². The highest BCUT2D eigenvalue weighted by atomic mass is 35.5. The van der Waals surface area contributed by atoms with Crippen LogP contribution in [0.5, 0.6) is 0 Å². The van der Waals surface area contributed by atoms with Crippen LogP contribution < -0.4 is 0 Å². The van der Waals surface area contributed by atoms with Gasteiger partial charge in [-0.25, -0.2) is 0 Å². The minimum Gasteiger partial charge on any atom is -0.465 e. The minimum absolute atomic E-state index is 0.218. The van der Waals surface area contributed by atoms with Gasteiger partial charge >= 0.3 is 5.97 Å². The lowest BCUT2D eigenvalue weighted by Gasteiger charge is -2.15. The number of ether oxygens (including phenoxy) is 1. The lowest BCUT2D eigenvalue weighted by atomic mass is 10.1. The van der Waals surface area contributed by atoms with E-state index in [0.29, 0.717) is 29.6 Å². The summed E-state index contributed by atoms with van der Waals surface area (Å²) in [5, 5.41) is 9.80. The number of esters is 1. The van der Waals surface area contributed by atoms with E-state index in [4.69, 9.17) is 16.3 Å². The Labute approximate surface area is 180 Å². The van der Waals surface area contributed by atoms with Crippen molar-refractivity contribution in [2.75, 3.05) is 6.61 Å². The lowest BCUT2D eigenvalue weighted by Crippen LogP contribution is -2.21. The SMILES string of the molecule is CCC[C@H](Sc1nnc(Cc2ccccc2)n1-c1cccc(Cl)c1)C(=O)OCC. The van der Waals surface area contributed by atoms with Crippen molar-refractivity contribution in [1.29, 1.82) is 0 Å². The molecule has 1 atom stereocenters. The summed E-state index contributed by atoms with van der Waals surface area (Å²) in [6.07, 6.45) is 2.21. The number of aromatic nitrogens is 3. The molecule has 0 saturated heterocycles. The fourth-order valence-electron chi connectivity index (χ4n) is 2.99. The number of carbonyl (C=O) groups is 1. The second-order valence-electron chi connectivity index (χ2n) is 6.52. The molecule has 0 unspecified atom stereocenters. The average Bonchev–Trinajstić information content (AvgIpc) is 3.10. The van der Waals surface area contributed by atoms with Crippen LogP contribution in [0.15, 0.2) is 59.8 Å². The van der Waals surface area contributed by atoms with E-state index >= 15 is 0 Å². The van der Waals surface area contributed by atoms with Gasteiger partial charge in [0.2, 0.25) is 0 Å². The van der Waals surface area contributed by atoms with Crippen molar-refractivity contribution in [1.82, 2.24) is 14.8 Å². The third-order valence-electron chi connectivity index (χ3n) is 4.32. The molecule has 0 fully saturated rings. The number of thioether (sulfide) groups is 1. The first kappa shape index (κ1) is 21.4. The number of halogens is 1. The Morgan fingerprint density at radius 3 is 2.62 bits per heavy atom. The molecule has 0 amide bonds. The molecule has 0 aliphatic heterocycles. The van der Waals surface area contributed by atoms with Crippen molar-refractivity contribution in [2.24, 2.45) is 0 Å². The summed E-state index contributed by atoms with van der Waals surface area (Å²) in [6.45, 7) is 4.23. The van der Waals surface area contributed by atoms with Gasteiger partial charge in [-0.3, -0.25) is 9.36 Å². The first-order valence-electron chi connectivity index (χ1n) is 9.69. The molecule has 0 aliphatic rings. The number of benzene rings is 2. The van der Waals surface area contributed by atoms with Gasteiger partial charge in [0, 0.05) is 11.4 Å². The van der Waals surface area contributed by atoms with Crippen LogP contribution in [0.1, 0.15) is 38.1 Å². The Bertz CT molecular complexity index is 946. The molecule has 152 valence electrons. The number of nitrogens with zero attached hydrogens (tertiary/aromatic N) is 3. The third-order valence-corrected chi connectivity index (χ3v) is 5.74. The van der Waals surface area contributed by atoms with Gasteiger partial charge in [0.25, 0.3) is 0 Å². The van der Waals surface area contributed by atoms with Crippen molar-refractivity contribution in [3.63, 3.8) is 0 Å². The van der Waals surface area contributed by atoms with Crippen LogP contribution in [0.25, 0.3) is 5.69 Å². The predicted octanol–water partition coefficient (Wildman–Crippen LogP) is 5.34. The van der Waals surface area contributed by atoms with Gasteiger partial charge in [-0.15, -0.1) is 10.2 Å². The maximum absolute atomic E-state index is 12.4. The van der Waals surface area contributed by atoms with Crippen molar-refractivity contribution in [2.45, 2.75) is 43.5 Å². The number of rotatable bonds is 9. The Morgan fingerprint density at radius 1 is 1.14 bits per heavy atom. The van der Waals surface area contributed by atoms with Gasteiger partial charge in [0.1, 0.15) is 11.1 Å². The molecule has 0 bridgehead atoms. The van der Waals surface area contributed by atoms with E-state index in [0.717, 1.165) is 23.5 Å². The molecule has 29 heavy (non-hydrogen) atoms. The standard InChI is InChI=1S/C22H24ClN3O2S/c1-3-9-19(21(27)28-4-2)29-22-25-24-20(14-16-10-6-5-7-11-16)26(22)18-13-8-12-17(23)15-18/h5-8,10-13,15,19H,3-4,9,14H2,1-2H3/t19-/m0/s1. The van der Waals surface area contributed by atoms with E-state index in [1.165, 1.54) is 11.8 Å². The van der Waals surface area contributed by atoms with E-state index in [2.05, 4.69) is 29.3 Å². The summed E-state index contributed by atoms with van der Waals surface area (Å²) in [4.78, 5) is 12.4. The molecule has 1 heterocycles. The highest BCUT2D eigenvalue weighted by Gasteiger charge is 2.25. The van der Waals surface area contributed by atoms with Crippen LogP contribution >= 0.6 is 23.4 Å². The first-order chi connectivity index (χ1) is 14.1. The highest BCUT2D eigenvalue weighted by molar-refractivity contribution is 8.00. The number of hydrogen-bond acceptors (Lipinski definition) is 5. The normalized spacial score (nSPS) is 12.0. The van der Waals surface area contributed by atoms with Crippen LogP contribution in [0, 0.1) is 0 Å². The molecular formula is C22H24ClN3O2S. The second kappa shape index (κ2) is 10.5. The fraction of sp³-hybridized carbons (Fsp3) is 0.318. The molecule has 7 heteroatoms. The molecule has 5 nitrogen and oxygen atoms in total. The maximum atomic E-state index is 12.4. The van der Waals surface area contributed by atoms with Gasteiger partial charge in [-0.05, 0) is 37.1 Å². The second-order valence-corrected chi connectivity index (χ2v) is 8.13. The molecule has 0 N–H and O–H groups in total. The zero-order chi connectivity index (χ0) is 20.6. The summed E-state index contributed by atoms with van der Waals surface area (Å²) < 4.78 is 7.24. The first-order valence-corrected chi connectivity index (χ1v) is 11.0. The van der Waals surface area contributed by atoms with Crippen LogP contribution in [-0.2, 0) is 16.0 Å². The molecule has 0 aliphatic carbocycles. The van der Waals surface area contributed by atoms with Crippen molar-refractivity contribution in [3.05, 3.63) is 71.0 Å². The third kappa shape index (κ3) is 5.61. The smallest absolute Gasteiger partial charge is 0.319 e. The van der Waals surface area contributed by atoms with Crippen molar-refractivity contribution >= 4 is 29.3 Å². The van der Waals surface area contributed by atoms with Gasteiger partial charge in [-0.2, -0.15) is 0 Å². The van der Waals surface area contributed by atoms with Crippen LogP contribution in [0.3, 0.4) is 0 Å². The molecule has 0 spiro atoms. The summed E-state index contributed by atoms with van der Waals surface area (Å²) in [5.74, 6) is 0.574. The molecule has 1 aromatic heterocycles. The van der Waals surface area contributed by atoms with Crippen LogP contribution in [0.2, 0.25) is 5.02 Å². The van der Waals surface area contributed by atoms with Gasteiger partial charge in [-0.1, -0.05) is 73.1 Å².